The third kappa shape index (κ3) is 1.95. The van der Waals surface area contributed by atoms with Gasteiger partial charge in [0.25, 0.3) is 0 Å². The van der Waals surface area contributed by atoms with E-state index >= 15 is 0 Å². The van der Waals surface area contributed by atoms with E-state index in [4.69, 9.17) is 5.73 Å². The van der Waals surface area contributed by atoms with Gasteiger partial charge in [-0.3, -0.25) is 0 Å². The van der Waals surface area contributed by atoms with Crippen LogP contribution in [0.3, 0.4) is 0 Å². The maximum Gasteiger partial charge on any atom is 0.134 e. The molecule has 4 nitrogen and oxygen atoms in total. The van der Waals surface area contributed by atoms with E-state index in [2.05, 4.69) is 14.8 Å². The van der Waals surface area contributed by atoms with Crippen LogP contribution in [0, 0.1) is 0 Å². The van der Waals surface area contributed by atoms with Crippen molar-refractivity contribution in [2.75, 3.05) is 6.54 Å². The Bertz CT molecular complexity index is 275. The first-order valence-electron chi connectivity index (χ1n) is 5.50. The van der Waals surface area contributed by atoms with Gasteiger partial charge in [0.05, 0.1) is 0 Å². The molecule has 0 unspecified atom stereocenters. The summed E-state index contributed by atoms with van der Waals surface area (Å²) in [5.74, 6) is 1.06. The van der Waals surface area contributed by atoms with E-state index in [1.807, 2.05) is 6.33 Å². The van der Waals surface area contributed by atoms with Crippen LogP contribution in [0.2, 0.25) is 0 Å². The fraction of sp³-hybridized carbons (Fsp3) is 0.800. The first-order valence-corrected chi connectivity index (χ1v) is 5.50. The monoisotopic (exact) mass is 194 g/mol. The second kappa shape index (κ2) is 4.55. The molecule has 1 saturated carbocycles. The van der Waals surface area contributed by atoms with E-state index in [0.717, 1.165) is 12.2 Å². The van der Waals surface area contributed by atoms with Gasteiger partial charge in [0, 0.05) is 12.5 Å². The van der Waals surface area contributed by atoms with Crippen LogP contribution >= 0.6 is 0 Å². The number of hydrogen-bond acceptors (Lipinski definition) is 3. The molecule has 1 aromatic heterocycles. The second-order valence-electron chi connectivity index (χ2n) is 3.98. The summed E-state index contributed by atoms with van der Waals surface area (Å²) in [6.07, 6.45) is 9.31. The van der Waals surface area contributed by atoms with Crippen molar-refractivity contribution < 1.29 is 0 Å². The van der Waals surface area contributed by atoms with E-state index in [-0.39, 0.29) is 0 Å². The molecule has 2 N–H and O–H groups in total. The highest BCUT2D eigenvalue weighted by Gasteiger charge is 2.17. The molecular formula is C10H18N4. The van der Waals surface area contributed by atoms with Gasteiger partial charge in [0.1, 0.15) is 12.2 Å². The summed E-state index contributed by atoms with van der Waals surface area (Å²) in [7, 11) is 0. The van der Waals surface area contributed by atoms with Crippen LogP contribution in [0.25, 0.3) is 0 Å². The van der Waals surface area contributed by atoms with E-state index < -0.39 is 0 Å². The van der Waals surface area contributed by atoms with Crippen molar-refractivity contribution in [3.63, 3.8) is 0 Å². The molecule has 1 aliphatic carbocycles. The van der Waals surface area contributed by atoms with E-state index in [0.29, 0.717) is 12.6 Å². The Labute approximate surface area is 84.5 Å². The SMILES string of the molecule is NCCc1nncn1C1CCCCC1. The highest BCUT2D eigenvalue weighted by atomic mass is 15.3. The van der Waals surface area contributed by atoms with Crippen LogP contribution in [0.1, 0.15) is 44.0 Å². The molecule has 0 saturated heterocycles. The van der Waals surface area contributed by atoms with Crippen LogP contribution in [0.5, 0.6) is 0 Å². The predicted octanol–water partition coefficient (Wildman–Crippen LogP) is 1.28. The molecule has 4 heteroatoms. The molecule has 0 aliphatic heterocycles. The Morgan fingerprint density at radius 2 is 2.14 bits per heavy atom. The molecule has 1 fully saturated rings. The van der Waals surface area contributed by atoms with Crippen molar-refractivity contribution in [3.05, 3.63) is 12.2 Å². The molecule has 0 spiro atoms. The molecule has 78 valence electrons. The fourth-order valence-corrected chi connectivity index (χ4v) is 2.24. The Morgan fingerprint density at radius 3 is 2.86 bits per heavy atom. The summed E-state index contributed by atoms with van der Waals surface area (Å²) in [6, 6.07) is 0.625. The minimum Gasteiger partial charge on any atom is -0.330 e. The maximum atomic E-state index is 5.54. The van der Waals surface area contributed by atoms with Gasteiger partial charge in [0.15, 0.2) is 0 Å². The zero-order valence-electron chi connectivity index (χ0n) is 8.52. The standard InChI is InChI=1S/C10H18N4/c11-7-6-10-13-12-8-14(10)9-4-2-1-3-5-9/h8-9H,1-7,11H2. The summed E-state index contributed by atoms with van der Waals surface area (Å²) in [6.45, 7) is 0.658. The highest BCUT2D eigenvalue weighted by molar-refractivity contribution is 4.91. The van der Waals surface area contributed by atoms with Crippen LogP contribution in [-0.4, -0.2) is 21.3 Å². The lowest BCUT2D eigenvalue weighted by molar-refractivity contribution is 0.345. The van der Waals surface area contributed by atoms with Crippen LogP contribution in [0.4, 0.5) is 0 Å². The van der Waals surface area contributed by atoms with E-state index in [1.165, 1.54) is 32.1 Å². The molecule has 2 rings (SSSR count). The zero-order valence-corrected chi connectivity index (χ0v) is 8.52. The van der Waals surface area contributed by atoms with Gasteiger partial charge >= 0.3 is 0 Å². The quantitative estimate of drug-likeness (QED) is 0.788. The number of nitrogens with two attached hydrogens (primary N) is 1. The molecule has 0 aromatic carbocycles. The minimum absolute atomic E-state index is 0.625. The van der Waals surface area contributed by atoms with Gasteiger partial charge in [0.2, 0.25) is 0 Å². The Kier molecular flexibility index (Phi) is 3.14. The lowest BCUT2D eigenvalue weighted by atomic mass is 9.95. The molecule has 0 atom stereocenters. The molecule has 0 radical (unpaired) electrons. The van der Waals surface area contributed by atoms with Gasteiger partial charge in [-0.05, 0) is 19.4 Å². The first-order chi connectivity index (χ1) is 6.92. The molecule has 1 aromatic rings. The van der Waals surface area contributed by atoms with E-state index in [1.54, 1.807) is 0 Å². The van der Waals surface area contributed by atoms with Crippen LogP contribution in [-0.2, 0) is 6.42 Å². The minimum atomic E-state index is 0.625. The first kappa shape index (κ1) is 9.65. The molecule has 0 amide bonds. The lowest BCUT2D eigenvalue weighted by Gasteiger charge is -2.23. The number of aromatic nitrogens is 3. The smallest absolute Gasteiger partial charge is 0.134 e. The van der Waals surface area contributed by atoms with Crippen molar-refractivity contribution in [1.82, 2.24) is 14.8 Å². The van der Waals surface area contributed by atoms with Crippen LogP contribution in [0.15, 0.2) is 6.33 Å². The average Bonchev–Trinajstić information content (AvgIpc) is 2.68. The van der Waals surface area contributed by atoms with E-state index in [9.17, 15) is 0 Å². The number of rotatable bonds is 3. The number of nitrogens with zero attached hydrogens (tertiary/aromatic N) is 3. The van der Waals surface area contributed by atoms with Crippen molar-refractivity contribution >= 4 is 0 Å². The summed E-state index contributed by atoms with van der Waals surface area (Å²) in [5.41, 5.74) is 5.54. The summed E-state index contributed by atoms with van der Waals surface area (Å²) in [5, 5.41) is 8.09. The summed E-state index contributed by atoms with van der Waals surface area (Å²) in [4.78, 5) is 0. The van der Waals surface area contributed by atoms with Crippen LogP contribution < -0.4 is 5.73 Å². The normalized spacial score (nSPS) is 18.6. The second-order valence-corrected chi connectivity index (χ2v) is 3.98. The van der Waals surface area contributed by atoms with Gasteiger partial charge in [-0.15, -0.1) is 10.2 Å². The lowest BCUT2D eigenvalue weighted by Crippen LogP contribution is -2.17. The predicted molar refractivity (Wildman–Crippen MR) is 54.9 cm³/mol. The fourth-order valence-electron chi connectivity index (χ4n) is 2.24. The zero-order chi connectivity index (χ0) is 9.80. The Balaban J connectivity index is 2.09. The summed E-state index contributed by atoms with van der Waals surface area (Å²) >= 11 is 0. The van der Waals surface area contributed by atoms with Crippen molar-refractivity contribution in [2.24, 2.45) is 5.73 Å². The number of hydrogen-bond donors (Lipinski definition) is 1. The average molecular weight is 194 g/mol. The largest absolute Gasteiger partial charge is 0.330 e. The van der Waals surface area contributed by atoms with Crippen molar-refractivity contribution in [2.45, 2.75) is 44.6 Å². The van der Waals surface area contributed by atoms with Crippen molar-refractivity contribution in [3.8, 4) is 0 Å². The molecule has 1 heterocycles. The summed E-state index contributed by atoms with van der Waals surface area (Å²) < 4.78 is 2.23. The third-order valence-corrected chi connectivity index (χ3v) is 2.98. The molecule has 14 heavy (non-hydrogen) atoms. The molecule has 1 aliphatic rings. The molecule has 0 bridgehead atoms. The van der Waals surface area contributed by atoms with Gasteiger partial charge < -0.3 is 10.3 Å². The Hall–Kier alpha value is -0.900. The Morgan fingerprint density at radius 1 is 1.36 bits per heavy atom. The van der Waals surface area contributed by atoms with Crippen molar-refractivity contribution in [1.29, 1.82) is 0 Å². The molecular weight excluding hydrogens is 176 g/mol. The van der Waals surface area contributed by atoms with Gasteiger partial charge in [-0.1, -0.05) is 19.3 Å². The van der Waals surface area contributed by atoms with Gasteiger partial charge in [-0.2, -0.15) is 0 Å². The third-order valence-electron chi connectivity index (χ3n) is 2.98. The topological polar surface area (TPSA) is 56.7 Å². The highest BCUT2D eigenvalue weighted by Crippen LogP contribution is 2.28. The maximum absolute atomic E-state index is 5.54. The van der Waals surface area contributed by atoms with Gasteiger partial charge in [-0.25, -0.2) is 0 Å².